The van der Waals surface area contributed by atoms with Gasteiger partial charge in [-0.3, -0.25) is 9.59 Å². The number of furan rings is 1. The van der Waals surface area contributed by atoms with Crippen molar-refractivity contribution in [3.8, 4) is 0 Å². The number of carbonyl (C=O) groups excluding carboxylic acids is 2. The largest absolute Gasteiger partial charge is 0.459 e. The second-order valence-electron chi connectivity index (χ2n) is 4.39. The molecule has 0 spiro atoms. The lowest BCUT2D eigenvalue weighted by atomic mass is 10.2. The highest BCUT2D eigenvalue weighted by molar-refractivity contribution is 6.30. The average molecular weight is 307 g/mol. The third-order valence-electron chi connectivity index (χ3n) is 2.74. The van der Waals surface area contributed by atoms with Crippen LogP contribution in [0.15, 0.2) is 47.1 Å². The third-order valence-corrected chi connectivity index (χ3v) is 2.99. The summed E-state index contributed by atoms with van der Waals surface area (Å²) in [6, 6.07) is 10.1. The molecular formula is C15H15ClN2O3. The molecule has 0 saturated heterocycles. The van der Waals surface area contributed by atoms with E-state index in [4.69, 9.17) is 16.0 Å². The van der Waals surface area contributed by atoms with E-state index in [2.05, 4.69) is 10.6 Å². The van der Waals surface area contributed by atoms with Crippen molar-refractivity contribution in [2.24, 2.45) is 0 Å². The van der Waals surface area contributed by atoms with Crippen LogP contribution in [0.2, 0.25) is 5.02 Å². The number of rotatable bonds is 6. The zero-order chi connectivity index (χ0) is 15.1. The van der Waals surface area contributed by atoms with Gasteiger partial charge in [0.1, 0.15) is 0 Å². The van der Waals surface area contributed by atoms with Crippen LogP contribution < -0.4 is 10.6 Å². The Balaban J connectivity index is 1.65. The van der Waals surface area contributed by atoms with E-state index in [0.717, 1.165) is 0 Å². The third kappa shape index (κ3) is 4.96. The van der Waals surface area contributed by atoms with Crippen molar-refractivity contribution in [1.82, 2.24) is 5.32 Å². The highest BCUT2D eigenvalue weighted by Gasteiger charge is 2.07. The molecule has 0 atom stereocenters. The van der Waals surface area contributed by atoms with E-state index < -0.39 is 0 Å². The van der Waals surface area contributed by atoms with Gasteiger partial charge in [0.25, 0.3) is 5.91 Å². The van der Waals surface area contributed by atoms with Crippen LogP contribution in [0.4, 0.5) is 5.69 Å². The predicted molar refractivity (Wildman–Crippen MR) is 80.4 cm³/mol. The lowest BCUT2D eigenvalue weighted by molar-refractivity contribution is -0.116. The van der Waals surface area contributed by atoms with Crippen LogP contribution in [0.3, 0.4) is 0 Å². The lowest BCUT2D eigenvalue weighted by Gasteiger charge is -2.06. The van der Waals surface area contributed by atoms with Crippen LogP contribution >= 0.6 is 11.6 Å². The summed E-state index contributed by atoms with van der Waals surface area (Å²) in [7, 11) is 0. The van der Waals surface area contributed by atoms with Crippen molar-refractivity contribution in [3.63, 3.8) is 0 Å². The Hall–Kier alpha value is -2.27. The fraction of sp³-hybridized carbons (Fsp3) is 0.200. The quantitative estimate of drug-likeness (QED) is 0.806. The van der Waals surface area contributed by atoms with Gasteiger partial charge in [-0.1, -0.05) is 11.6 Å². The number of nitrogens with one attached hydrogen (secondary N) is 2. The molecule has 6 heteroatoms. The zero-order valence-corrected chi connectivity index (χ0v) is 12.0. The molecule has 0 fully saturated rings. The van der Waals surface area contributed by atoms with E-state index in [-0.39, 0.29) is 17.6 Å². The van der Waals surface area contributed by atoms with Gasteiger partial charge in [-0.25, -0.2) is 0 Å². The highest BCUT2D eigenvalue weighted by atomic mass is 35.5. The van der Waals surface area contributed by atoms with Crippen molar-refractivity contribution < 1.29 is 14.0 Å². The maximum absolute atomic E-state index is 11.7. The van der Waals surface area contributed by atoms with Gasteiger partial charge < -0.3 is 15.1 Å². The van der Waals surface area contributed by atoms with Crippen LogP contribution in [-0.2, 0) is 4.79 Å². The van der Waals surface area contributed by atoms with Crippen molar-refractivity contribution in [1.29, 1.82) is 0 Å². The Bertz CT molecular complexity index is 594. The molecule has 0 bridgehead atoms. The Morgan fingerprint density at radius 2 is 1.90 bits per heavy atom. The maximum Gasteiger partial charge on any atom is 0.286 e. The number of benzene rings is 1. The average Bonchev–Trinajstić information content (AvgIpc) is 3.00. The second-order valence-corrected chi connectivity index (χ2v) is 4.83. The fourth-order valence-electron chi connectivity index (χ4n) is 1.70. The van der Waals surface area contributed by atoms with E-state index in [0.29, 0.717) is 30.1 Å². The minimum absolute atomic E-state index is 0.107. The van der Waals surface area contributed by atoms with E-state index in [1.807, 2.05) is 0 Å². The van der Waals surface area contributed by atoms with Gasteiger partial charge in [0, 0.05) is 23.7 Å². The summed E-state index contributed by atoms with van der Waals surface area (Å²) in [5.41, 5.74) is 0.698. The SMILES string of the molecule is O=C(CCCNC(=O)c1ccco1)Nc1ccc(Cl)cc1. The number of amides is 2. The summed E-state index contributed by atoms with van der Waals surface area (Å²) in [5.74, 6) is -0.122. The van der Waals surface area contributed by atoms with Crippen LogP contribution in [0.25, 0.3) is 0 Å². The second kappa shape index (κ2) is 7.50. The molecular weight excluding hydrogens is 292 g/mol. The molecule has 2 aromatic rings. The molecule has 0 radical (unpaired) electrons. The molecule has 0 aliphatic carbocycles. The maximum atomic E-state index is 11.7. The van der Waals surface area contributed by atoms with Crippen molar-refractivity contribution in [3.05, 3.63) is 53.4 Å². The summed E-state index contributed by atoms with van der Waals surface area (Å²) in [4.78, 5) is 23.3. The van der Waals surface area contributed by atoms with Gasteiger partial charge >= 0.3 is 0 Å². The van der Waals surface area contributed by atoms with Crippen LogP contribution in [0, 0.1) is 0 Å². The van der Waals surface area contributed by atoms with Gasteiger partial charge in [0.2, 0.25) is 5.91 Å². The van der Waals surface area contributed by atoms with E-state index in [9.17, 15) is 9.59 Å². The Kier molecular flexibility index (Phi) is 5.40. The fourth-order valence-corrected chi connectivity index (χ4v) is 1.83. The molecule has 1 aromatic heterocycles. The normalized spacial score (nSPS) is 10.1. The van der Waals surface area contributed by atoms with Crippen molar-refractivity contribution >= 4 is 29.1 Å². The number of hydrogen-bond donors (Lipinski definition) is 2. The molecule has 2 amide bonds. The van der Waals surface area contributed by atoms with E-state index in [1.54, 1.807) is 36.4 Å². The van der Waals surface area contributed by atoms with E-state index in [1.165, 1.54) is 6.26 Å². The molecule has 1 heterocycles. The van der Waals surface area contributed by atoms with Crippen LogP contribution in [-0.4, -0.2) is 18.4 Å². The van der Waals surface area contributed by atoms with Gasteiger partial charge in [-0.2, -0.15) is 0 Å². The van der Waals surface area contributed by atoms with Gasteiger partial charge in [0.15, 0.2) is 5.76 Å². The number of halogens is 1. The first-order valence-electron chi connectivity index (χ1n) is 6.52. The summed E-state index contributed by atoms with van der Waals surface area (Å²) < 4.78 is 4.96. The molecule has 110 valence electrons. The minimum Gasteiger partial charge on any atom is -0.459 e. The molecule has 2 N–H and O–H groups in total. The first-order valence-corrected chi connectivity index (χ1v) is 6.90. The predicted octanol–water partition coefficient (Wildman–Crippen LogP) is 3.08. The van der Waals surface area contributed by atoms with Crippen molar-refractivity contribution in [2.45, 2.75) is 12.8 Å². The topological polar surface area (TPSA) is 71.3 Å². The summed E-state index contributed by atoms with van der Waals surface area (Å²) in [5, 5.41) is 6.06. The number of hydrogen-bond acceptors (Lipinski definition) is 3. The van der Waals surface area contributed by atoms with Gasteiger partial charge in [0.05, 0.1) is 6.26 Å². The molecule has 5 nitrogen and oxygen atoms in total. The Labute approximate surface area is 127 Å². The first kappa shape index (κ1) is 15.1. The number of anilines is 1. The first-order chi connectivity index (χ1) is 10.1. The van der Waals surface area contributed by atoms with Gasteiger partial charge in [-0.05, 0) is 42.8 Å². The summed E-state index contributed by atoms with van der Waals surface area (Å²) in [6.45, 7) is 0.410. The molecule has 1 aromatic carbocycles. The summed E-state index contributed by atoms with van der Waals surface area (Å²) >= 11 is 5.76. The van der Waals surface area contributed by atoms with E-state index >= 15 is 0 Å². The molecule has 2 rings (SSSR count). The van der Waals surface area contributed by atoms with Crippen LogP contribution in [0.1, 0.15) is 23.4 Å². The molecule has 0 saturated carbocycles. The molecule has 0 aliphatic heterocycles. The lowest BCUT2D eigenvalue weighted by Crippen LogP contribution is -2.25. The molecule has 0 aliphatic rings. The Morgan fingerprint density at radius 1 is 1.14 bits per heavy atom. The van der Waals surface area contributed by atoms with Gasteiger partial charge in [-0.15, -0.1) is 0 Å². The highest BCUT2D eigenvalue weighted by Crippen LogP contribution is 2.13. The van der Waals surface area contributed by atoms with Crippen molar-refractivity contribution in [2.75, 3.05) is 11.9 Å². The standard InChI is InChI=1S/C15H15ClN2O3/c16-11-5-7-12(8-6-11)18-14(19)4-1-9-17-15(20)13-3-2-10-21-13/h2-3,5-8,10H,1,4,9H2,(H,17,20)(H,18,19). The smallest absolute Gasteiger partial charge is 0.286 e. The van der Waals surface area contributed by atoms with Crippen LogP contribution in [0.5, 0.6) is 0 Å². The minimum atomic E-state index is -0.280. The zero-order valence-electron chi connectivity index (χ0n) is 11.3. The Morgan fingerprint density at radius 3 is 2.57 bits per heavy atom. The summed E-state index contributed by atoms with van der Waals surface area (Å²) in [6.07, 6.45) is 2.31. The molecule has 0 unspecified atom stereocenters. The monoisotopic (exact) mass is 306 g/mol. The number of carbonyl (C=O) groups is 2. The molecule has 21 heavy (non-hydrogen) atoms.